The van der Waals surface area contributed by atoms with Crippen LogP contribution in [0.25, 0.3) is 0 Å². The van der Waals surface area contributed by atoms with Gasteiger partial charge in [-0.05, 0) is 25.0 Å². The van der Waals surface area contributed by atoms with Crippen molar-refractivity contribution >= 4 is 24.0 Å². The number of benzene rings is 1. The number of nitrogens with one attached hydrogen (secondary N) is 1. The van der Waals surface area contributed by atoms with Gasteiger partial charge in [-0.2, -0.15) is 0 Å². The lowest BCUT2D eigenvalue weighted by molar-refractivity contribution is -0.119. The molecule has 3 rings (SSSR count). The van der Waals surface area contributed by atoms with Crippen LogP contribution in [-0.4, -0.2) is 37.5 Å². The van der Waals surface area contributed by atoms with Crippen LogP contribution < -0.4 is 10.2 Å². The average molecular weight is 338 g/mol. The van der Waals surface area contributed by atoms with Gasteiger partial charge in [-0.15, -0.1) is 0 Å². The van der Waals surface area contributed by atoms with E-state index in [0.29, 0.717) is 19.1 Å². The fourth-order valence-corrected chi connectivity index (χ4v) is 2.85. The van der Waals surface area contributed by atoms with Crippen LogP contribution in [0.1, 0.15) is 25.3 Å². The molecule has 1 aliphatic heterocycles. The maximum Gasteiger partial charge on any atom is 0.414 e. The van der Waals surface area contributed by atoms with Crippen LogP contribution >= 0.6 is 0 Å². The van der Waals surface area contributed by atoms with E-state index in [4.69, 9.17) is 4.74 Å². The maximum absolute atomic E-state index is 14.3. The molecule has 2 aliphatic rings. The number of carbonyl (C=O) groups is 3. The van der Waals surface area contributed by atoms with E-state index < -0.39 is 29.2 Å². The molecule has 1 aromatic carbocycles. The second-order valence-electron chi connectivity index (χ2n) is 6.11. The van der Waals surface area contributed by atoms with E-state index in [2.05, 4.69) is 5.32 Å². The molecule has 0 aromatic heterocycles. The van der Waals surface area contributed by atoms with Gasteiger partial charge in [-0.3, -0.25) is 9.69 Å². The summed E-state index contributed by atoms with van der Waals surface area (Å²) in [4.78, 5) is 35.0. The molecule has 1 aliphatic carbocycles. The summed E-state index contributed by atoms with van der Waals surface area (Å²) >= 11 is 0. The minimum Gasteiger partial charge on any atom is -0.442 e. The van der Waals surface area contributed by atoms with Crippen LogP contribution in [0.2, 0.25) is 0 Å². The Balaban J connectivity index is 1.82. The molecular weight excluding hydrogens is 322 g/mol. The first-order chi connectivity index (χ1) is 11.4. The van der Waals surface area contributed by atoms with E-state index in [1.807, 2.05) is 0 Å². The molecular formula is C16H16F2N2O4. The monoisotopic (exact) mass is 338 g/mol. The van der Waals surface area contributed by atoms with Crippen molar-refractivity contribution in [2.75, 3.05) is 18.0 Å². The number of carbonyl (C=O) groups excluding carboxylic acids is 3. The van der Waals surface area contributed by atoms with E-state index in [9.17, 15) is 23.2 Å². The Labute approximate surface area is 136 Å². The zero-order valence-electron chi connectivity index (χ0n) is 13.0. The van der Waals surface area contributed by atoms with Gasteiger partial charge in [0.2, 0.25) is 5.91 Å². The van der Waals surface area contributed by atoms with Gasteiger partial charge >= 0.3 is 6.09 Å². The third-order valence-corrected chi connectivity index (χ3v) is 4.30. The maximum atomic E-state index is 14.3. The van der Waals surface area contributed by atoms with Crippen LogP contribution in [0.5, 0.6) is 0 Å². The Hall–Kier alpha value is -2.51. The molecule has 0 bridgehead atoms. The number of aldehydes is 1. The van der Waals surface area contributed by atoms with Crippen molar-refractivity contribution in [1.82, 2.24) is 5.32 Å². The average Bonchev–Trinajstić information content (AvgIpc) is 3.20. The van der Waals surface area contributed by atoms with E-state index in [-0.39, 0.29) is 30.2 Å². The SMILES string of the molecule is CC(=O)NC[C@H]1CN(c2cc(F)c(C3(C=O)CC3)c(F)c2)C(=O)O1. The van der Waals surface area contributed by atoms with Gasteiger partial charge in [0.1, 0.15) is 24.0 Å². The molecule has 1 heterocycles. The van der Waals surface area contributed by atoms with Gasteiger partial charge in [-0.25, -0.2) is 13.6 Å². The number of rotatable bonds is 5. The van der Waals surface area contributed by atoms with Crippen LogP contribution in [0, 0.1) is 11.6 Å². The molecule has 24 heavy (non-hydrogen) atoms. The van der Waals surface area contributed by atoms with Gasteiger partial charge in [0.25, 0.3) is 0 Å². The van der Waals surface area contributed by atoms with Crippen molar-refractivity contribution < 1.29 is 27.9 Å². The third kappa shape index (κ3) is 2.83. The van der Waals surface area contributed by atoms with Crippen molar-refractivity contribution in [2.24, 2.45) is 0 Å². The molecule has 1 atom stereocenters. The van der Waals surface area contributed by atoms with Gasteiger partial charge in [0.05, 0.1) is 24.2 Å². The largest absolute Gasteiger partial charge is 0.442 e. The van der Waals surface area contributed by atoms with Crippen molar-refractivity contribution in [3.8, 4) is 0 Å². The highest BCUT2D eigenvalue weighted by molar-refractivity contribution is 5.90. The summed E-state index contributed by atoms with van der Waals surface area (Å²) in [5.74, 6) is -1.98. The number of hydrogen-bond acceptors (Lipinski definition) is 4. The summed E-state index contributed by atoms with van der Waals surface area (Å²) in [5.41, 5.74) is -1.30. The predicted octanol–water partition coefficient (Wildman–Crippen LogP) is 1.66. The standard InChI is InChI=1S/C16H16F2N2O4/c1-9(22)19-6-11-7-20(15(23)24-11)10-4-12(17)14(13(18)5-10)16(8-21)2-3-16/h4-5,8,11H,2-3,6-7H2,1H3,(H,19,22)/t11-/m0/s1. The van der Waals surface area contributed by atoms with Crippen molar-refractivity contribution in [3.05, 3.63) is 29.3 Å². The first-order valence-corrected chi connectivity index (χ1v) is 7.55. The topological polar surface area (TPSA) is 75.7 Å². The van der Waals surface area contributed by atoms with Crippen LogP contribution in [0.3, 0.4) is 0 Å². The highest BCUT2D eigenvalue weighted by Crippen LogP contribution is 2.48. The Morgan fingerprint density at radius 2 is 2.04 bits per heavy atom. The summed E-state index contributed by atoms with van der Waals surface area (Å²) in [6, 6.07) is 2.06. The fourth-order valence-electron chi connectivity index (χ4n) is 2.85. The van der Waals surface area contributed by atoms with Crippen LogP contribution in [-0.2, 0) is 19.7 Å². The molecule has 0 spiro atoms. The van der Waals surface area contributed by atoms with E-state index in [1.165, 1.54) is 6.92 Å². The number of cyclic esters (lactones) is 1. The molecule has 1 saturated heterocycles. The molecule has 0 unspecified atom stereocenters. The van der Waals surface area contributed by atoms with Gasteiger partial charge < -0.3 is 14.8 Å². The summed E-state index contributed by atoms with van der Waals surface area (Å²) < 4.78 is 33.7. The fraction of sp³-hybridized carbons (Fsp3) is 0.438. The lowest BCUT2D eigenvalue weighted by Crippen LogP contribution is -2.33. The summed E-state index contributed by atoms with van der Waals surface area (Å²) in [7, 11) is 0. The van der Waals surface area contributed by atoms with E-state index >= 15 is 0 Å². The van der Waals surface area contributed by atoms with E-state index in [1.54, 1.807) is 0 Å². The van der Waals surface area contributed by atoms with Crippen LogP contribution in [0.15, 0.2) is 12.1 Å². The number of hydrogen-bond donors (Lipinski definition) is 1. The molecule has 1 saturated carbocycles. The zero-order chi connectivity index (χ0) is 17.5. The number of anilines is 1. The minimum absolute atomic E-state index is 0.0192. The van der Waals surface area contributed by atoms with Crippen molar-refractivity contribution in [3.63, 3.8) is 0 Å². The highest BCUT2D eigenvalue weighted by atomic mass is 19.1. The lowest BCUT2D eigenvalue weighted by Gasteiger charge is -2.17. The molecule has 2 amide bonds. The lowest BCUT2D eigenvalue weighted by atomic mass is 9.96. The number of ether oxygens (including phenoxy) is 1. The number of amides is 2. The summed E-state index contributed by atoms with van der Waals surface area (Å²) in [6.07, 6.45) is 0.0508. The van der Waals surface area contributed by atoms with Gasteiger partial charge in [0, 0.05) is 12.5 Å². The second kappa shape index (κ2) is 5.85. The van der Waals surface area contributed by atoms with Gasteiger partial charge in [0.15, 0.2) is 0 Å². The molecule has 1 aromatic rings. The third-order valence-electron chi connectivity index (χ3n) is 4.30. The molecule has 8 heteroatoms. The quantitative estimate of drug-likeness (QED) is 0.829. The highest BCUT2D eigenvalue weighted by Gasteiger charge is 2.48. The Morgan fingerprint density at radius 3 is 2.54 bits per heavy atom. The Bertz CT molecular complexity index is 695. The minimum atomic E-state index is -1.08. The van der Waals surface area contributed by atoms with Gasteiger partial charge in [-0.1, -0.05) is 0 Å². The summed E-state index contributed by atoms with van der Waals surface area (Å²) in [5, 5.41) is 2.52. The smallest absolute Gasteiger partial charge is 0.414 e. The molecule has 2 fully saturated rings. The molecule has 0 radical (unpaired) electrons. The normalized spacial score (nSPS) is 21.4. The number of halogens is 2. The predicted molar refractivity (Wildman–Crippen MR) is 79.6 cm³/mol. The van der Waals surface area contributed by atoms with Crippen molar-refractivity contribution in [1.29, 1.82) is 0 Å². The first-order valence-electron chi connectivity index (χ1n) is 7.55. The number of nitrogens with zero attached hydrogens (tertiary/aromatic N) is 1. The molecule has 6 nitrogen and oxygen atoms in total. The Morgan fingerprint density at radius 1 is 1.42 bits per heavy atom. The second-order valence-corrected chi connectivity index (χ2v) is 6.11. The zero-order valence-corrected chi connectivity index (χ0v) is 13.0. The van der Waals surface area contributed by atoms with Crippen LogP contribution in [0.4, 0.5) is 19.3 Å². The Kier molecular flexibility index (Phi) is 3.98. The van der Waals surface area contributed by atoms with E-state index in [0.717, 1.165) is 17.0 Å². The first kappa shape index (κ1) is 16.4. The summed E-state index contributed by atoms with van der Waals surface area (Å²) in [6.45, 7) is 1.52. The molecule has 1 N–H and O–H groups in total. The van der Waals surface area contributed by atoms with Crippen molar-refractivity contribution in [2.45, 2.75) is 31.3 Å². The molecule has 128 valence electrons.